The Morgan fingerprint density at radius 1 is 1.67 bits per heavy atom. The fraction of sp³-hybridized carbons (Fsp3) is 0.750. The minimum atomic E-state index is -0.833. The number of urea groups is 1. The molecule has 0 saturated carbocycles. The molecule has 0 saturated heterocycles. The van der Waals surface area contributed by atoms with E-state index in [2.05, 4.69) is 26.8 Å². The molecule has 2 amide bonds. The molecule has 0 bridgehead atoms. The van der Waals surface area contributed by atoms with Crippen molar-refractivity contribution in [1.82, 2.24) is 0 Å². The highest BCUT2D eigenvalue weighted by Gasteiger charge is 1.68. The number of carbonyl (C=O) groups excluding carboxylic acids is 1. The summed E-state index contributed by atoms with van der Waals surface area (Å²) in [5.41, 5.74) is 8.50. The molecular weight excluding hydrogens is 155 g/mol. The summed E-state index contributed by atoms with van der Waals surface area (Å²) in [4.78, 5) is 9.00. The third kappa shape index (κ3) is 70.1. The van der Waals surface area contributed by atoms with E-state index in [-0.39, 0.29) is 0 Å². The zero-order valence-corrected chi connectivity index (χ0v) is 7.43. The molecule has 3 nitrogen and oxygen atoms in total. The maximum Gasteiger partial charge on any atom is 0.309 e. The van der Waals surface area contributed by atoms with Gasteiger partial charge in [-0.1, -0.05) is 15.4 Å². The van der Waals surface area contributed by atoms with Gasteiger partial charge < -0.3 is 11.5 Å². The van der Waals surface area contributed by atoms with Crippen LogP contribution in [0, 0.1) is 0 Å². The lowest BCUT2D eigenvalue weighted by Gasteiger charge is -1.79. The molecule has 0 spiro atoms. The van der Waals surface area contributed by atoms with Crippen LogP contribution in [-0.2, 0) is 0 Å². The summed E-state index contributed by atoms with van der Waals surface area (Å²) in [6, 6.07) is -0.833. The maximum atomic E-state index is 9.00. The highest BCUT2D eigenvalue weighted by atomic mass is 32.7. The molecule has 0 aromatic rings. The van der Waals surface area contributed by atoms with Crippen LogP contribution in [0.25, 0.3) is 0 Å². The molecule has 4 N–H and O–H groups in total. The molecular formula is C4H13N2OPS. The van der Waals surface area contributed by atoms with Gasteiger partial charge in [-0.15, -0.1) is 11.4 Å². The van der Waals surface area contributed by atoms with Crippen molar-refractivity contribution in [2.75, 3.05) is 5.75 Å². The smallest absolute Gasteiger partial charge is 0.309 e. The van der Waals surface area contributed by atoms with E-state index < -0.39 is 6.03 Å². The predicted octanol–water partition coefficient (Wildman–Crippen LogP) is 0.944. The molecule has 0 aliphatic rings. The molecule has 1 unspecified atom stereocenters. The van der Waals surface area contributed by atoms with E-state index in [4.69, 9.17) is 4.79 Å². The lowest BCUT2D eigenvalue weighted by Crippen LogP contribution is -2.18. The van der Waals surface area contributed by atoms with Gasteiger partial charge in [-0.3, -0.25) is 0 Å². The van der Waals surface area contributed by atoms with Crippen molar-refractivity contribution < 1.29 is 4.79 Å². The van der Waals surface area contributed by atoms with Crippen LogP contribution in [0.3, 0.4) is 0 Å². The van der Waals surface area contributed by atoms with Crippen molar-refractivity contribution in [3.05, 3.63) is 0 Å². The Morgan fingerprint density at radius 3 is 2.00 bits per heavy atom. The van der Waals surface area contributed by atoms with E-state index in [9.17, 15) is 0 Å². The van der Waals surface area contributed by atoms with E-state index in [0.717, 1.165) is 0 Å². The van der Waals surface area contributed by atoms with Gasteiger partial charge in [-0.25, -0.2) is 4.79 Å². The summed E-state index contributed by atoms with van der Waals surface area (Å²) in [7, 11) is 2.62. The number of carbonyl (C=O) groups is 1. The minimum Gasteiger partial charge on any atom is -0.352 e. The van der Waals surface area contributed by atoms with Crippen LogP contribution in [0.2, 0.25) is 0 Å². The van der Waals surface area contributed by atoms with Crippen LogP contribution < -0.4 is 11.5 Å². The molecule has 0 fully saturated rings. The first-order valence-corrected chi connectivity index (χ1v) is 4.98. The minimum absolute atomic E-state index is 0.833. The number of amides is 2. The number of hydrogen-bond donors (Lipinski definition) is 2. The SMILES string of the molecule is CCCSP.NC(N)=O. The summed E-state index contributed by atoms with van der Waals surface area (Å²) < 4.78 is 0. The van der Waals surface area contributed by atoms with E-state index in [1.807, 2.05) is 11.4 Å². The van der Waals surface area contributed by atoms with Crippen molar-refractivity contribution in [2.45, 2.75) is 13.3 Å². The summed E-state index contributed by atoms with van der Waals surface area (Å²) >= 11 is 1.82. The molecule has 56 valence electrons. The highest BCUT2D eigenvalue weighted by Crippen LogP contribution is 2.09. The maximum absolute atomic E-state index is 9.00. The van der Waals surface area contributed by atoms with Crippen molar-refractivity contribution in [2.24, 2.45) is 11.5 Å². The van der Waals surface area contributed by atoms with Crippen molar-refractivity contribution in [3.8, 4) is 0 Å². The summed E-state index contributed by atoms with van der Waals surface area (Å²) in [6.07, 6.45) is 1.29. The molecule has 0 radical (unpaired) electrons. The summed E-state index contributed by atoms with van der Waals surface area (Å²) in [6.45, 7) is 2.18. The van der Waals surface area contributed by atoms with E-state index in [1.54, 1.807) is 0 Å². The monoisotopic (exact) mass is 168 g/mol. The largest absolute Gasteiger partial charge is 0.352 e. The van der Waals surface area contributed by atoms with Gasteiger partial charge in [0.1, 0.15) is 0 Å². The normalized spacial score (nSPS) is 7.33. The van der Waals surface area contributed by atoms with E-state index >= 15 is 0 Å². The zero-order valence-electron chi connectivity index (χ0n) is 5.46. The van der Waals surface area contributed by atoms with Crippen LogP contribution in [0.4, 0.5) is 4.79 Å². The molecule has 1 atom stereocenters. The average Bonchev–Trinajstić information content (AvgIpc) is 1.66. The Morgan fingerprint density at radius 2 is 2.00 bits per heavy atom. The van der Waals surface area contributed by atoms with Crippen LogP contribution in [0.1, 0.15) is 13.3 Å². The third-order valence-electron chi connectivity index (χ3n) is 0.322. The Labute approximate surface area is 61.9 Å². The highest BCUT2D eigenvalue weighted by molar-refractivity contribution is 8.43. The van der Waals surface area contributed by atoms with Crippen LogP contribution in [-0.4, -0.2) is 11.8 Å². The first-order chi connectivity index (χ1) is 4.15. The van der Waals surface area contributed by atoms with Crippen molar-refractivity contribution in [1.29, 1.82) is 0 Å². The number of rotatable bonds is 2. The van der Waals surface area contributed by atoms with Crippen LogP contribution in [0.5, 0.6) is 0 Å². The molecule has 0 aromatic heterocycles. The topological polar surface area (TPSA) is 69.1 Å². The van der Waals surface area contributed by atoms with Gasteiger partial charge in [0.2, 0.25) is 0 Å². The Bertz CT molecular complexity index is 65.6. The molecule has 0 rings (SSSR count). The fourth-order valence-electron chi connectivity index (χ4n) is 0.118. The van der Waals surface area contributed by atoms with Crippen molar-refractivity contribution in [3.63, 3.8) is 0 Å². The summed E-state index contributed by atoms with van der Waals surface area (Å²) in [5, 5.41) is 0. The van der Waals surface area contributed by atoms with Gasteiger partial charge in [0.05, 0.1) is 0 Å². The molecule has 5 heteroatoms. The molecule has 0 heterocycles. The molecule has 0 aliphatic carbocycles. The second kappa shape index (κ2) is 10.9. The zero-order chi connectivity index (χ0) is 7.70. The van der Waals surface area contributed by atoms with Crippen molar-refractivity contribution >= 4 is 25.9 Å². The van der Waals surface area contributed by atoms with E-state index in [1.165, 1.54) is 12.2 Å². The molecule has 0 aromatic carbocycles. The first kappa shape index (κ1) is 11.8. The molecule has 9 heavy (non-hydrogen) atoms. The standard InChI is InChI=1S/C3H9PS.CH4N2O/c1-2-3-5-4;2-1(3)4/h2-4H2,1H3;(H4,2,3,4). The van der Waals surface area contributed by atoms with Gasteiger partial charge in [-0.05, 0) is 12.2 Å². The van der Waals surface area contributed by atoms with E-state index in [0.29, 0.717) is 0 Å². The second-order valence-corrected chi connectivity index (χ2v) is 3.01. The summed E-state index contributed by atoms with van der Waals surface area (Å²) in [5.74, 6) is 1.27. The van der Waals surface area contributed by atoms with Gasteiger partial charge in [0.15, 0.2) is 0 Å². The Hall–Kier alpha value is 0.0500. The lowest BCUT2D eigenvalue weighted by atomic mass is 10.6. The fourth-order valence-corrected chi connectivity index (χ4v) is 1.06. The number of nitrogens with two attached hydrogens (primary N) is 2. The lowest BCUT2D eigenvalue weighted by molar-refractivity contribution is 0.256. The van der Waals surface area contributed by atoms with Gasteiger partial charge in [-0.2, -0.15) is 0 Å². The third-order valence-corrected chi connectivity index (χ3v) is 1.67. The van der Waals surface area contributed by atoms with Gasteiger partial charge >= 0.3 is 6.03 Å². The van der Waals surface area contributed by atoms with Crippen LogP contribution >= 0.6 is 19.8 Å². The second-order valence-electron chi connectivity index (χ2n) is 1.27. The predicted molar refractivity (Wildman–Crippen MR) is 46.2 cm³/mol. The number of hydrogen-bond acceptors (Lipinski definition) is 2. The molecule has 0 aliphatic heterocycles. The van der Waals surface area contributed by atoms with Gasteiger partial charge in [0, 0.05) is 0 Å². The quantitative estimate of drug-likeness (QED) is 0.602. The first-order valence-electron chi connectivity index (χ1n) is 2.51. The van der Waals surface area contributed by atoms with Gasteiger partial charge in [0.25, 0.3) is 0 Å². The van der Waals surface area contributed by atoms with Crippen LogP contribution in [0.15, 0.2) is 0 Å². The Kier molecular flexibility index (Phi) is 14.3. The number of primary amides is 2. The Balaban J connectivity index is 0. The average molecular weight is 168 g/mol.